The van der Waals surface area contributed by atoms with E-state index in [9.17, 15) is 49.1 Å². The maximum atomic E-state index is 13.9. The Balaban J connectivity index is 3.27. The zero-order valence-corrected chi connectivity index (χ0v) is 24.7. The lowest BCUT2D eigenvalue weighted by Gasteiger charge is -2.34. The summed E-state index contributed by atoms with van der Waals surface area (Å²) in [7, 11) is 0. The van der Waals surface area contributed by atoms with Crippen molar-refractivity contribution in [1.29, 1.82) is 0 Å². The molecule has 0 fully saturated rings. The predicted octanol–water partition coefficient (Wildman–Crippen LogP) is 7.54. The van der Waals surface area contributed by atoms with E-state index in [1.165, 1.54) is 27.7 Å². The van der Waals surface area contributed by atoms with Crippen LogP contribution in [0.2, 0.25) is 0 Å². The number of carbonyl (C=O) groups excluding carboxylic acids is 1. The normalized spacial score (nSPS) is 13.5. The second-order valence-electron chi connectivity index (χ2n) is 8.66. The number of carbonyl (C=O) groups is 1. The van der Waals surface area contributed by atoms with Crippen molar-refractivity contribution in [2.45, 2.75) is 59.0 Å². The van der Waals surface area contributed by atoms with Crippen LogP contribution in [0.25, 0.3) is 0 Å². The molecule has 0 radical (unpaired) electrons. The lowest BCUT2D eigenvalue weighted by atomic mass is 10.1. The first-order valence-corrected chi connectivity index (χ1v) is 13.2. The number of aromatic nitrogens is 2. The number of benzene rings is 1. The van der Waals surface area contributed by atoms with E-state index >= 15 is 0 Å². The minimum Gasteiger partial charge on any atom is -0.463 e. The molecule has 7 nitrogen and oxygen atoms in total. The van der Waals surface area contributed by atoms with E-state index in [1.54, 1.807) is 0 Å². The van der Waals surface area contributed by atoms with Gasteiger partial charge in [-0.05, 0) is 63.8 Å². The van der Waals surface area contributed by atoms with Crippen molar-refractivity contribution in [3.05, 3.63) is 48.3 Å². The quantitative estimate of drug-likeness (QED) is 0.151. The Hall–Kier alpha value is -2.34. The van der Waals surface area contributed by atoms with Crippen molar-refractivity contribution >= 4 is 49.5 Å². The number of rotatable bonds is 9. The molecule has 0 spiro atoms. The van der Waals surface area contributed by atoms with Gasteiger partial charge in [-0.25, -0.2) is 9.78 Å². The van der Waals surface area contributed by atoms with Gasteiger partial charge in [-0.2, -0.15) is 39.5 Å². The number of hydrogen-bond donors (Lipinski definition) is 0. The van der Waals surface area contributed by atoms with Gasteiger partial charge in [-0.15, -0.1) is 0 Å². The Labute approximate surface area is 243 Å². The van der Waals surface area contributed by atoms with Crippen LogP contribution in [0, 0.1) is 5.92 Å². The van der Waals surface area contributed by atoms with Crippen molar-refractivity contribution in [2.75, 3.05) is 18.1 Å². The largest absolute Gasteiger partial charge is 0.463 e. The van der Waals surface area contributed by atoms with Gasteiger partial charge in [-0.1, -0.05) is 13.8 Å². The van der Waals surface area contributed by atoms with Crippen molar-refractivity contribution in [1.82, 2.24) is 9.55 Å². The molecule has 1 aromatic heterocycles. The highest BCUT2D eigenvalue weighted by molar-refractivity contribution is 9.11. The summed E-state index contributed by atoms with van der Waals surface area (Å²) >= 11 is 5.15. The Morgan fingerprint density at radius 2 is 1.54 bits per heavy atom. The number of nitrogens with zero attached hydrogens (tertiary/aromatic N) is 3. The summed E-state index contributed by atoms with van der Waals surface area (Å²) in [5.74, 6) is -3.03. The third-order valence-corrected chi connectivity index (χ3v) is 6.67. The molecule has 230 valence electrons. The minimum atomic E-state index is -5.41. The van der Waals surface area contributed by atoms with E-state index in [0.29, 0.717) is 4.57 Å². The molecule has 1 heterocycles. The van der Waals surface area contributed by atoms with Crippen molar-refractivity contribution < 1.29 is 53.8 Å². The van der Waals surface area contributed by atoms with Gasteiger partial charge < -0.3 is 9.47 Å². The van der Waals surface area contributed by atoms with Crippen LogP contribution in [-0.2, 0) is 39.3 Å². The fraction of sp³-hybridized carbons (Fsp3) is 0.522. The molecule has 0 bridgehead atoms. The van der Waals surface area contributed by atoms with Crippen LogP contribution in [-0.4, -0.2) is 35.0 Å². The van der Waals surface area contributed by atoms with E-state index in [-0.39, 0.29) is 23.6 Å². The molecular formula is C23H22Br2F9N3O4. The smallest absolute Gasteiger partial charge is 0.434 e. The second kappa shape index (κ2) is 12.9. The highest BCUT2D eigenvalue weighted by Crippen LogP contribution is 2.46. The number of anilines is 2. The summed E-state index contributed by atoms with van der Waals surface area (Å²) in [5.41, 5.74) is -8.09. The summed E-state index contributed by atoms with van der Waals surface area (Å²) in [6, 6.07) is -0.0606. The van der Waals surface area contributed by atoms with Gasteiger partial charge in [0.1, 0.15) is 4.47 Å². The first kappa shape index (κ1) is 34.9. The third-order valence-electron chi connectivity index (χ3n) is 5.12. The van der Waals surface area contributed by atoms with Crippen molar-refractivity contribution in [3.8, 4) is 0 Å². The maximum Gasteiger partial charge on any atom is 0.434 e. The van der Waals surface area contributed by atoms with Gasteiger partial charge in [0, 0.05) is 13.2 Å². The third kappa shape index (κ3) is 7.94. The summed E-state index contributed by atoms with van der Waals surface area (Å²) < 4.78 is 134. The number of alkyl halides is 9. The van der Waals surface area contributed by atoms with Crippen LogP contribution < -0.4 is 10.5 Å². The van der Waals surface area contributed by atoms with Crippen molar-refractivity contribution in [2.24, 2.45) is 5.92 Å². The van der Waals surface area contributed by atoms with E-state index in [1.807, 2.05) is 0 Å². The average Bonchev–Trinajstić information content (AvgIpc) is 2.81. The molecule has 2 rings (SSSR count). The van der Waals surface area contributed by atoms with Gasteiger partial charge in [0.2, 0.25) is 12.2 Å². The van der Waals surface area contributed by atoms with Gasteiger partial charge in [0.25, 0.3) is 5.56 Å². The topological polar surface area (TPSA) is 73.7 Å². The fourth-order valence-electron chi connectivity index (χ4n) is 3.53. The lowest BCUT2D eigenvalue weighted by molar-refractivity contribution is -0.155. The second-order valence-corrected chi connectivity index (χ2v) is 10.2. The van der Waals surface area contributed by atoms with E-state index in [4.69, 9.17) is 9.47 Å². The van der Waals surface area contributed by atoms with Crippen LogP contribution in [0.1, 0.15) is 44.5 Å². The minimum absolute atomic E-state index is 0.158. The number of hydrogen-bond acceptors (Lipinski definition) is 6. The first-order valence-electron chi connectivity index (χ1n) is 11.6. The van der Waals surface area contributed by atoms with E-state index in [2.05, 4.69) is 36.8 Å². The maximum absolute atomic E-state index is 13.9. The van der Waals surface area contributed by atoms with Crippen LogP contribution in [0.15, 0.2) is 25.9 Å². The van der Waals surface area contributed by atoms with Crippen LogP contribution in [0.3, 0.4) is 0 Å². The van der Waals surface area contributed by atoms with Gasteiger partial charge in [-0.3, -0.25) is 14.3 Å². The van der Waals surface area contributed by atoms with Gasteiger partial charge in [0.15, 0.2) is 5.69 Å². The Morgan fingerprint density at radius 1 is 0.951 bits per heavy atom. The molecule has 2 aromatic rings. The highest BCUT2D eigenvalue weighted by atomic mass is 79.9. The van der Waals surface area contributed by atoms with E-state index < -0.39 is 92.8 Å². The molecule has 0 saturated heterocycles. The fourth-order valence-corrected chi connectivity index (χ4v) is 4.71. The monoisotopic (exact) mass is 733 g/mol. The zero-order valence-electron chi connectivity index (χ0n) is 21.6. The standard InChI is InChI=1S/C23H22Br2F9N3O4/c1-5-40-18(19(39)41-6-2)37(13-8-11(21(26,27)28)7-12(14(13)24)22(29,30)31)20-35-16(23(32,33)34)15(25)17(38)36(20)9-10(3)4/h7-8,10,18H,5-6,9H2,1-4H3. The lowest BCUT2D eigenvalue weighted by Crippen LogP contribution is -2.46. The molecule has 0 aliphatic rings. The number of esters is 1. The summed E-state index contributed by atoms with van der Waals surface area (Å²) in [6.07, 6.45) is -18.4. The van der Waals surface area contributed by atoms with E-state index in [0.717, 1.165) is 0 Å². The molecule has 1 aromatic carbocycles. The molecule has 1 atom stereocenters. The molecule has 0 amide bonds. The Kier molecular flexibility index (Phi) is 11.0. The molecule has 1 unspecified atom stereocenters. The zero-order chi connectivity index (χ0) is 31.7. The highest BCUT2D eigenvalue weighted by Gasteiger charge is 2.44. The summed E-state index contributed by atoms with van der Waals surface area (Å²) in [4.78, 5) is 29.8. The molecule has 0 aliphatic heterocycles. The number of ether oxygens (including phenoxy) is 2. The SMILES string of the molecule is CCOC(=O)C(OCC)N(c1cc(C(F)(F)F)cc(C(F)(F)F)c1Br)c1nc(C(F)(F)F)c(Br)c(=O)n1CC(C)C. The number of halogens is 11. The molecule has 0 N–H and O–H groups in total. The van der Waals surface area contributed by atoms with Crippen LogP contribution in [0.4, 0.5) is 51.1 Å². The predicted molar refractivity (Wildman–Crippen MR) is 134 cm³/mol. The molecule has 18 heteroatoms. The molecular weight excluding hydrogens is 713 g/mol. The van der Waals surface area contributed by atoms with Gasteiger partial charge in [0.05, 0.1) is 27.9 Å². The molecule has 0 aliphatic carbocycles. The average molecular weight is 735 g/mol. The van der Waals surface area contributed by atoms with Crippen LogP contribution >= 0.6 is 31.9 Å². The molecule has 0 saturated carbocycles. The van der Waals surface area contributed by atoms with Crippen molar-refractivity contribution in [3.63, 3.8) is 0 Å². The van der Waals surface area contributed by atoms with Crippen LogP contribution in [0.5, 0.6) is 0 Å². The first-order chi connectivity index (χ1) is 18.7. The van der Waals surface area contributed by atoms with Gasteiger partial charge >= 0.3 is 24.5 Å². The summed E-state index contributed by atoms with van der Waals surface area (Å²) in [5, 5.41) is 0. The summed E-state index contributed by atoms with van der Waals surface area (Å²) in [6.45, 7) is 4.48. The Morgan fingerprint density at radius 3 is 1.98 bits per heavy atom. The molecule has 41 heavy (non-hydrogen) atoms. The Bertz CT molecular complexity index is 1330.